The molecule has 6 heteroatoms. The van der Waals surface area contributed by atoms with Gasteiger partial charge in [0.15, 0.2) is 5.58 Å². The topological polar surface area (TPSA) is 61.0 Å². The van der Waals surface area contributed by atoms with Crippen molar-refractivity contribution < 1.29 is 9.15 Å². The zero-order valence-electron chi connectivity index (χ0n) is 15.0. The van der Waals surface area contributed by atoms with Crippen LogP contribution in [0, 0.1) is 0 Å². The molecule has 0 fully saturated rings. The molecule has 2 aromatic heterocycles. The highest BCUT2D eigenvalue weighted by Gasteiger charge is 2.15. The number of hydrogen-bond acceptors (Lipinski definition) is 6. The summed E-state index contributed by atoms with van der Waals surface area (Å²) in [5, 5.41) is 12.3. The lowest BCUT2D eigenvalue weighted by atomic mass is 10.1. The van der Waals surface area contributed by atoms with Crippen molar-refractivity contribution in [2.24, 2.45) is 0 Å². The first-order chi connectivity index (χ1) is 13.8. The lowest BCUT2D eigenvalue weighted by Gasteiger charge is -2.08. The van der Waals surface area contributed by atoms with Gasteiger partial charge in [0, 0.05) is 16.3 Å². The molecule has 28 heavy (non-hydrogen) atoms. The zero-order chi connectivity index (χ0) is 18.9. The summed E-state index contributed by atoms with van der Waals surface area (Å²) in [6.45, 7) is 0. The van der Waals surface area contributed by atoms with Crippen molar-refractivity contribution in [3.05, 3.63) is 72.8 Å². The van der Waals surface area contributed by atoms with Gasteiger partial charge in [0.1, 0.15) is 22.0 Å². The Kier molecular flexibility index (Phi) is 4.18. The first-order valence-electron chi connectivity index (χ1n) is 8.75. The number of oxazole rings is 1. The van der Waals surface area contributed by atoms with E-state index in [2.05, 4.69) is 21.2 Å². The monoisotopic (exact) mass is 385 g/mol. The molecule has 0 N–H and O–H groups in total. The predicted molar refractivity (Wildman–Crippen MR) is 110 cm³/mol. The average Bonchev–Trinajstić information content (AvgIpc) is 3.16. The van der Waals surface area contributed by atoms with Crippen LogP contribution in [0.3, 0.4) is 0 Å². The van der Waals surface area contributed by atoms with Gasteiger partial charge in [-0.1, -0.05) is 36.4 Å². The molecule has 0 bridgehead atoms. The van der Waals surface area contributed by atoms with Gasteiger partial charge < -0.3 is 9.15 Å². The van der Waals surface area contributed by atoms with Crippen LogP contribution in [-0.2, 0) is 0 Å². The smallest absolute Gasteiger partial charge is 0.263 e. The molecule has 5 rings (SSSR count). The minimum Gasteiger partial charge on any atom is -0.497 e. The Bertz CT molecular complexity index is 1250. The maximum Gasteiger partial charge on any atom is 0.263 e. The Morgan fingerprint density at radius 1 is 0.821 bits per heavy atom. The summed E-state index contributed by atoms with van der Waals surface area (Å²) in [6.07, 6.45) is 0. The molecule has 2 heterocycles. The molecule has 3 aromatic carbocycles. The molecule has 0 aliphatic rings. The van der Waals surface area contributed by atoms with Crippen LogP contribution in [0.25, 0.3) is 33.1 Å². The second-order valence-corrected chi connectivity index (χ2v) is 7.12. The lowest BCUT2D eigenvalue weighted by molar-refractivity contribution is 0.415. The first-order valence-corrected chi connectivity index (χ1v) is 9.57. The van der Waals surface area contributed by atoms with Gasteiger partial charge in [0.25, 0.3) is 5.22 Å². The quantitative estimate of drug-likeness (QED) is 0.401. The van der Waals surface area contributed by atoms with Crippen molar-refractivity contribution >= 4 is 33.6 Å². The van der Waals surface area contributed by atoms with Crippen LogP contribution in [0.4, 0.5) is 0 Å². The molecule has 0 radical (unpaired) electrons. The maximum atomic E-state index is 5.83. The predicted octanol–water partition coefficient (Wildman–Crippen LogP) is 5.60. The number of aromatic nitrogens is 3. The molecular formula is C22H15N3O2S. The van der Waals surface area contributed by atoms with Crippen molar-refractivity contribution in [2.75, 3.05) is 7.11 Å². The fraction of sp³-hybridized carbons (Fsp3) is 0.0455. The van der Waals surface area contributed by atoms with E-state index in [1.165, 1.54) is 11.8 Å². The van der Waals surface area contributed by atoms with Crippen molar-refractivity contribution in [2.45, 2.75) is 10.2 Å². The zero-order valence-corrected chi connectivity index (χ0v) is 15.8. The van der Waals surface area contributed by atoms with E-state index >= 15 is 0 Å². The second-order valence-electron chi connectivity index (χ2n) is 6.18. The number of ether oxygens (including phenoxy) is 1. The van der Waals surface area contributed by atoms with E-state index in [4.69, 9.17) is 9.15 Å². The third kappa shape index (κ3) is 2.97. The normalized spacial score (nSPS) is 11.2. The maximum absolute atomic E-state index is 5.83. The molecule has 0 amide bonds. The summed E-state index contributed by atoms with van der Waals surface area (Å²) < 4.78 is 11.1. The SMILES string of the molecule is COc1ccc(-c2nnc(Sc3nc4ccccc4o3)c3ccccc23)cc1. The largest absolute Gasteiger partial charge is 0.497 e. The Balaban J connectivity index is 1.59. The Morgan fingerprint density at radius 3 is 2.36 bits per heavy atom. The molecule has 0 aliphatic heterocycles. The molecule has 0 saturated carbocycles. The minimum atomic E-state index is 0.554. The highest BCUT2D eigenvalue weighted by molar-refractivity contribution is 7.99. The molecule has 0 unspecified atom stereocenters. The number of methoxy groups -OCH3 is 1. The number of hydrogen-bond donors (Lipinski definition) is 0. The van der Waals surface area contributed by atoms with E-state index in [0.29, 0.717) is 5.22 Å². The highest BCUT2D eigenvalue weighted by Crippen LogP contribution is 2.36. The standard InChI is InChI=1S/C22H15N3O2S/c1-26-15-12-10-14(11-13-15)20-16-6-2-3-7-17(16)21(25-24-20)28-22-23-18-8-4-5-9-19(18)27-22/h2-13H,1H3. The molecule has 0 aliphatic carbocycles. The summed E-state index contributed by atoms with van der Waals surface area (Å²) in [5.41, 5.74) is 3.41. The number of para-hydroxylation sites is 2. The molecule has 5 nitrogen and oxygen atoms in total. The van der Waals surface area contributed by atoms with Crippen LogP contribution < -0.4 is 4.74 Å². The van der Waals surface area contributed by atoms with E-state index in [9.17, 15) is 0 Å². The average molecular weight is 385 g/mol. The Labute approximate surface area is 165 Å². The van der Waals surface area contributed by atoms with Gasteiger partial charge in [-0.25, -0.2) is 4.98 Å². The summed E-state index contributed by atoms with van der Waals surface area (Å²) in [5.74, 6) is 0.809. The van der Waals surface area contributed by atoms with Gasteiger partial charge >= 0.3 is 0 Å². The van der Waals surface area contributed by atoms with Gasteiger partial charge in [0.05, 0.1) is 7.11 Å². The van der Waals surface area contributed by atoms with E-state index in [1.54, 1.807) is 7.11 Å². The van der Waals surface area contributed by atoms with Crippen molar-refractivity contribution in [1.82, 2.24) is 15.2 Å². The molecule has 0 atom stereocenters. The molecule has 0 spiro atoms. The summed E-state index contributed by atoms with van der Waals surface area (Å²) in [6, 6.07) is 23.6. The van der Waals surface area contributed by atoms with Gasteiger partial charge in [-0.15, -0.1) is 10.2 Å². The van der Waals surface area contributed by atoms with Crippen LogP contribution in [0.1, 0.15) is 0 Å². The fourth-order valence-corrected chi connectivity index (χ4v) is 3.90. The van der Waals surface area contributed by atoms with Gasteiger partial charge in [-0.3, -0.25) is 0 Å². The summed E-state index contributed by atoms with van der Waals surface area (Å²) >= 11 is 1.38. The highest BCUT2D eigenvalue weighted by atomic mass is 32.2. The van der Waals surface area contributed by atoms with Crippen LogP contribution in [0.5, 0.6) is 5.75 Å². The van der Waals surface area contributed by atoms with E-state index in [-0.39, 0.29) is 0 Å². The molecule has 0 saturated heterocycles. The Hall–Kier alpha value is -3.38. The van der Waals surface area contributed by atoms with Crippen molar-refractivity contribution in [1.29, 1.82) is 0 Å². The first kappa shape index (κ1) is 16.8. The van der Waals surface area contributed by atoms with Crippen LogP contribution in [0.15, 0.2) is 87.5 Å². The number of rotatable bonds is 4. The van der Waals surface area contributed by atoms with Gasteiger partial charge in [-0.2, -0.15) is 0 Å². The Morgan fingerprint density at radius 2 is 1.57 bits per heavy atom. The van der Waals surface area contributed by atoms with E-state index < -0.39 is 0 Å². The van der Waals surface area contributed by atoms with Crippen molar-refractivity contribution in [3.8, 4) is 17.0 Å². The number of fused-ring (bicyclic) bond motifs is 2. The number of nitrogens with zero attached hydrogens (tertiary/aromatic N) is 3. The van der Waals surface area contributed by atoms with Crippen LogP contribution in [0.2, 0.25) is 0 Å². The molecule has 5 aromatic rings. The molecule has 136 valence electrons. The number of benzene rings is 3. The van der Waals surface area contributed by atoms with Crippen LogP contribution >= 0.6 is 11.8 Å². The lowest BCUT2D eigenvalue weighted by Crippen LogP contribution is -1.94. The van der Waals surface area contributed by atoms with Crippen LogP contribution in [-0.4, -0.2) is 22.3 Å². The van der Waals surface area contributed by atoms with Crippen molar-refractivity contribution in [3.63, 3.8) is 0 Å². The van der Waals surface area contributed by atoms with E-state index in [1.807, 2.05) is 66.7 Å². The van der Waals surface area contributed by atoms with E-state index in [0.717, 1.165) is 43.9 Å². The van der Waals surface area contributed by atoms with Gasteiger partial charge in [0.2, 0.25) is 0 Å². The second kappa shape index (κ2) is 6.98. The third-order valence-electron chi connectivity index (χ3n) is 4.48. The summed E-state index contributed by atoms with van der Waals surface area (Å²) in [4.78, 5) is 4.53. The van der Waals surface area contributed by atoms with Gasteiger partial charge in [-0.05, 0) is 48.2 Å². The third-order valence-corrected chi connectivity index (χ3v) is 5.32. The fourth-order valence-electron chi connectivity index (χ4n) is 3.09. The minimum absolute atomic E-state index is 0.554. The summed E-state index contributed by atoms with van der Waals surface area (Å²) in [7, 11) is 1.66. The molecular weight excluding hydrogens is 370 g/mol.